The molecule has 0 bridgehead atoms. The van der Waals surface area contributed by atoms with Gasteiger partial charge in [0.15, 0.2) is 5.76 Å². The average molecular weight is 396 g/mol. The van der Waals surface area contributed by atoms with E-state index in [0.29, 0.717) is 5.76 Å². The standard InChI is InChI=1S/C22H25N3O2S/c1-16-15-18(22(28-16)23-21(26)19-9-6-14-27-19)20(17-7-4-3-5-8-17)25-12-10-24(2)11-13-25/h3-9,14-15,20H,10-13H2,1-2H3,(H,23,26). The Morgan fingerprint density at radius 3 is 2.54 bits per heavy atom. The van der Waals surface area contributed by atoms with Crippen LogP contribution in [-0.2, 0) is 0 Å². The van der Waals surface area contributed by atoms with Gasteiger partial charge in [0.1, 0.15) is 5.00 Å². The quantitative estimate of drug-likeness (QED) is 0.702. The van der Waals surface area contributed by atoms with Gasteiger partial charge in [-0.25, -0.2) is 0 Å². The molecule has 0 saturated carbocycles. The third-order valence-corrected chi connectivity index (χ3v) is 6.15. The number of hydrogen-bond acceptors (Lipinski definition) is 5. The molecule has 1 aromatic carbocycles. The second-order valence-corrected chi connectivity index (χ2v) is 8.48. The molecule has 1 aliphatic heterocycles. The predicted molar refractivity (Wildman–Crippen MR) is 113 cm³/mol. The van der Waals surface area contributed by atoms with E-state index in [2.05, 4.69) is 59.4 Å². The van der Waals surface area contributed by atoms with Crippen LogP contribution in [0.2, 0.25) is 0 Å². The molecule has 1 unspecified atom stereocenters. The zero-order valence-electron chi connectivity index (χ0n) is 16.2. The molecule has 3 heterocycles. The monoisotopic (exact) mass is 395 g/mol. The van der Waals surface area contributed by atoms with E-state index in [4.69, 9.17) is 4.42 Å². The number of hydrogen-bond donors (Lipinski definition) is 1. The Balaban J connectivity index is 1.69. The molecule has 5 nitrogen and oxygen atoms in total. The van der Waals surface area contributed by atoms with Crippen molar-refractivity contribution in [3.05, 3.63) is 76.6 Å². The Kier molecular flexibility index (Phi) is 5.62. The van der Waals surface area contributed by atoms with Crippen LogP contribution in [-0.4, -0.2) is 48.9 Å². The Bertz CT molecular complexity index is 913. The van der Waals surface area contributed by atoms with Crippen LogP contribution in [0.25, 0.3) is 0 Å². The van der Waals surface area contributed by atoms with Crippen LogP contribution in [0.15, 0.2) is 59.2 Å². The number of carbonyl (C=O) groups excluding carboxylic acids is 1. The van der Waals surface area contributed by atoms with Crippen molar-refractivity contribution in [2.24, 2.45) is 0 Å². The molecule has 3 aromatic rings. The smallest absolute Gasteiger partial charge is 0.291 e. The van der Waals surface area contributed by atoms with Gasteiger partial charge in [0, 0.05) is 36.6 Å². The van der Waals surface area contributed by atoms with Crippen molar-refractivity contribution in [1.82, 2.24) is 9.80 Å². The molecule has 1 N–H and O–H groups in total. The molecule has 4 rings (SSSR count). The molecule has 0 spiro atoms. The van der Waals surface area contributed by atoms with Crippen molar-refractivity contribution < 1.29 is 9.21 Å². The van der Waals surface area contributed by atoms with Gasteiger partial charge < -0.3 is 14.6 Å². The van der Waals surface area contributed by atoms with Crippen LogP contribution >= 0.6 is 11.3 Å². The maximum Gasteiger partial charge on any atom is 0.291 e. The van der Waals surface area contributed by atoms with Gasteiger partial charge >= 0.3 is 0 Å². The molecule has 146 valence electrons. The second-order valence-electron chi connectivity index (χ2n) is 7.23. The third-order valence-electron chi connectivity index (χ3n) is 5.17. The molecule has 1 amide bonds. The number of thiophene rings is 1. The van der Waals surface area contributed by atoms with Crippen molar-refractivity contribution in [2.75, 3.05) is 38.5 Å². The highest BCUT2D eigenvalue weighted by Crippen LogP contribution is 2.39. The van der Waals surface area contributed by atoms with Gasteiger partial charge in [-0.15, -0.1) is 11.3 Å². The Hall–Kier alpha value is -2.41. The van der Waals surface area contributed by atoms with E-state index < -0.39 is 0 Å². The van der Waals surface area contributed by atoms with E-state index in [-0.39, 0.29) is 11.9 Å². The van der Waals surface area contributed by atoms with Gasteiger partial charge in [0.05, 0.1) is 12.3 Å². The fourth-order valence-electron chi connectivity index (χ4n) is 3.71. The number of piperazine rings is 1. The van der Waals surface area contributed by atoms with Crippen molar-refractivity contribution in [1.29, 1.82) is 0 Å². The van der Waals surface area contributed by atoms with Crippen LogP contribution in [0.5, 0.6) is 0 Å². The Morgan fingerprint density at radius 2 is 1.86 bits per heavy atom. The number of carbonyl (C=O) groups is 1. The fraction of sp³-hybridized carbons (Fsp3) is 0.318. The zero-order valence-corrected chi connectivity index (χ0v) is 17.0. The topological polar surface area (TPSA) is 48.7 Å². The van der Waals surface area contributed by atoms with Gasteiger partial charge in [-0.3, -0.25) is 9.69 Å². The van der Waals surface area contributed by atoms with Crippen LogP contribution in [0.4, 0.5) is 5.00 Å². The van der Waals surface area contributed by atoms with E-state index in [9.17, 15) is 4.79 Å². The lowest BCUT2D eigenvalue weighted by molar-refractivity contribution is 0.0996. The first kappa shape index (κ1) is 18.9. The Labute approximate surface area is 169 Å². The molecule has 6 heteroatoms. The number of furan rings is 1. The van der Waals surface area contributed by atoms with Crippen molar-refractivity contribution in [2.45, 2.75) is 13.0 Å². The molecule has 0 aliphatic carbocycles. The normalized spacial score (nSPS) is 16.8. The van der Waals surface area contributed by atoms with Crippen molar-refractivity contribution in [3.63, 3.8) is 0 Å². The van der Waals surface area contributed by atoms with Gasteiger partial charge in [-0.2, -0.15) is 0 Å². The molecule has 2 aromatic heterocycles. The number of rotatable bonds is 5. The lowest BCUT2D eigenvalue weighted by Crippen LogP contribution is -2.46. The highest BCUT2D eigenvalue weighted by Gasteiger charge is 2.29. The molecule has 1 saturated heterocycles. The average Bonchev–Trinajstić information content (AvgIpc) is 3.35. The highest BCUT2D eigenvalue weighted by molar-refractivity contribution is 7.16. The summed E-state index contributed by atoms with van der Waals surface area (Å²) in [5.41, 5.74) is 2.40. The summed E-state index contributed by atoms with van der Waals surface area (Å²) >= 11 is 1.62. The van der Waals surface area contributed by atoms with Crippen LogP contribution in [0, 0.1) is 6.92 Å². The predicted octanol–water partition coefficient (Wildman–Crippen LogP) is 4.24. The molecule has 1 aliphatic rings. The van der Waals surface area contributed by atoms with Gasteiger partial charge in [-0.1, -0.05) is 30.3 Å². The summed E-state index contributed by atoms with van der Waals surface area (Å²) in [6.07, 6.45) is 1.52. The summed E-state index contributed by atoms with van der Waals surface area (Å²) < 4.78 is 5.26. The molecular weight excluding hydrogens is 370 g/mol. The van der Waals surface area contributed by atoms with Gasteiger partial charge in [0.2, 0.25) is 0 Å². The molecule has 1 atom stereocenters. The van der Waals surface area contributed by atoms with Crippen LogP contribution in [0.3, 0.4) is 0 Å². The van der Waals surface area contributed by atoms with E-state index in [0.717, 1.165) is 36.7 Å². The van der Waals surface area contributed by atoms with Crippen molar-refractivity contribution in [3.8, 4) is 0 Å². The van der Waals surface area contributed by atoms with Gasteiger partial charge in [-0.05, 0) is 37.7 Å². The first-order valence-corrected chi connectivity index (χ1v) is 10.4. The van der Waals surface area contributed by atoms with Crippen molar-refractivity contribution >= 4 is 22.2 Å². The maximum atomic E-state index is 12.6. The van der Waals surface area contributed by atoms with Gasteiger partial charge in [0.25, 0.3) is 5.91 Å². The van der Waals surface area contributed by atoms with Crippen LogP contribution in [0.1, 0.15) is 32.6 Å². The largest absolute Gasteiger partial charge is 0.459 e. The molecule has 1 fully saturated rings. The molecule has 0 radical (unpaired) electrons. The first-order chi connectivity index (χ1) is 13.6. The van der Waals surface area contributed by atoms with E-state index in [1.54, 1.807) is 23.5 Å². The zero-order chi connectivity index (χ0) is 19.5. The van der Waals surface area contributed by atoms with E-state index in [1.165, 1.54) is 16.7 Å². The lowest BCUT2D eigenvalue weighted by atomic mass is 9.97. The molecular formula is C22H25N3O2S. The maximum absolute atomic E-state index is 12.6. The number of nitrogens with one attached hydrogen (secondary N) is 1. The highest BCUT2D eigenvalue weighted by atomic mass is 32.1. The SMILES string of the molecule is Cc1cc(C(c2ccccc2)N2CCN(C)CC2)c(NC(=O)c2ccco2)s1. The van der Waals surface area contributed by atoms with E-state index >= 15 is 0 Å². The number of aryl methyl sites for hydroxylation is 1. The first-order valence-electron chi connectivity index (χ1n) is 9.54. The number of amides is 1. The summed E-state index contributed by atoms with van der Waals surface area (Å²) in [4.78, 5) is 18.6. The fourth-order valence-corrected chi connectivity index (χ4v) is 4.65. The minimum absolute atomic E-state index is 0.117. The molecule has 28 heavy (non-hydrogen) atoms. The second kappa shape index (κ2) is 8.31. The minimum Gasteiger partial charge on any atom is -0.459 e. The third kappa shape index (κ3) is 4.04. The number of anilines is 1. The Morgan fingerprint density at radius 1 is 1.11 bits per heavy atom. The number of benzene rings is 1. The lowest BCUT2D eigenvalue weighted by Gasteiger charge is -2.38. The van der Waals surface area contributed by atoms with Crippen LogP contribution < -0.4 is 5.32 Å². The summed E-state index contributed by atoms with van der Waals surface area (Å²) in [5.74, 6) is 0.117. The van der Waals surface area contributed by atoms with E-state index in [1.807, 2.05) is 6.07 Å². The summed E-state index contributed by atoms with van der Waals surface area (Å²) in [5, 5.41) is 3.98. The minimum atomic E-state index is -0.210. The summed E-state index contributed by atoms with van der Waals surface area (Å²) in [6.45, 7) is 6.16. The summed E-state index contributed by atoms with van der Waals surface area (Å²) in [6, 6.07) is 16.3. The number of likely N-dealkylation sites (N-methyl/N-ethyl adjacent to an activating group) is 1. The number of nitrogens with zero attached hydrogens (tertiary/aromatic N) is 2. The summed E-state index contributed by atoms with van der Waals surface area (Å²) in [7, 11) is 2.17.